The first kappa shape index (κ1) is 14.8. The SMILES string of the molecule is CCCCCCC1CCC(CO)C2(O)CCC(=O)N12. The summed E-state index contributed by atoms with van der Waals surface area (Å²) in [6, 6.07) is 0.180. The van der Waals surface area contributed by atoms with Crippen molar-refractivity contribution in [1.29, 1.82) is 0 Å². The zero-order valence-electron chi connectivity index (χ0n) is 12.0. The van der Waals surface area contributed by atoms with Gasteiger partial charge in [0.15, 0.2) is 0 Å². The summed E-state index contributed by atoms with van der Waals surface area (Å²) in [7, 11) is 0. The fourth-order valence-electron chi connectivity index (χ4n) is 3.74. The van der Waals surface area contributed by atoms with Gasteiger partial charge in [-0.2, -0.15) is 0 Å². The molecular weight excluding hydrogens is 242 g/mol. The lowest BCUT2D eigenvalue weighted by atomic mass is 9.82. The summed E-state index contributed by atoms with van der Waals surface area (Å²) in [6.07, 6.45) is 8.45. The molecule has 0 radical (unpaired) electrons. The van der Waals surface area contributed by atoms with Gasteiger partial charge in [0.05, 0.1) is 6.61 Å². The molecule has 0 aromatic carbocycles. The molecule has 0 aromatic heterocycles. The van der Waals surface area contributed by atoms with E-state index in [-0.39, 0.29) is 24.5 Å². The second-order valence-corrected chi connectivity index (χ2v) is 6.10. The number of piperidine rings is 1. The van der Waals surface area contributed by atoms with E-state index in [2.05, 4.69) is 6.92 Å². The van der Waals surface area contributed by atoms with Crippen molar-refractivity contribution < 1.29 is 15.0 Å². The molecule has 1 amide bonds. The number of amides is 1. The Labute approximate surface area is 115 Å². The van der Waals surface area contributed by atoms with Gasteiger partial charge in [0.1, 0.15) is 5.72 Å². The predicted molar refractivity (Wildman–Crippen MR) is 73.4 cm³/mol. The molecule has 0 aromatic rings. The van der Waals surface area contributed by atoms with Gasteiger partial charge in [0, 0.05) is 24.8 Å². The van der Waals surface area contributed by atoms with Crippen LogP contribution in [0.25, 0.3) is 0 Å². The van der Waals surface area contributed by atoms with Crippen molar-refractivity contribution in [2.24, 2.45) is 5.92 Å². The normalized spacial score (nSPS) is 34.7. The maximum atomic E-state index is 12.1. The molecule has 2 N–H and O–H groups in total. The van der Waals surface area contributed by atoms with Gasteiger partial charge < -0.3 is 15.1 Å². The van der Waals surface area contributed by atoms with Gasteiger partial charge in [-0.3, -0.25) is 4.79 Å². The Bertz CT molecular complexity index is 321. The first-order valence-corrected chi connectivity index (χ1v) is 7.79. The summed E-state index contributed by atoms with van der Waals surface area (Å²) in [6.45, 7) is 2.16. The molecule has 2 saturated heterocycles. The maximum absolute atomic E-state index is 12.1. The average Bonchev–Trinajstić information content (AvgIpc) is 2.71. The first-order valence-electron chi connectivity index (χ1n) is 7.79. The Hall–Kier alpha value is -0.610. The standard InChI is InChI=1S/C15H27NO3/c1-2-3-4-5-6-13-8-7-12(11-17)15(19)10-9-14(18)16(13)15/h12-13,17,19H,2-11H2,1H3. The van der Waals surface area contributed by atoms with Crippen LogP contribution in [0.3, 0.4) is 0 Å². The van der Waals surface area contributed by atoms with Gasteiger partial charge >= 0.3 is 0 Å². The Kier molecular flexibility index (Phi) is 4.85. The van der Waals surface area contributed by atoms with Gasteiger partial charge in [0.25, 0.3) is 0 Å². The molecule has 0 saturated carbocycles. The second kappa shape index (κ2) is 6.23. The molecule has 3 unspecified atom stereocenters. The topological polar surface area (TPSA) is 60.8 Å². The fourth-order valence-corrected chi connectivity index (χ4v) is 3.74. The minimum atomic E-state index is -1.07. The zero-order valence-corrected chi connectivity index (χ0v) is 12.0. The summed E-state index contributed by atoms with van der Waals surface area (Å²) in [5.74, 6) is -0.0908. The van der Waals surface area contributed by atoms with Crippen molar-refractivity contribution in [2.45, 2.75) is 76.5 Å². The summed E-state index contributed by atoms with van der Waals surface area (Å²) in [4.78, 5) is 13.8. The molecule has 110 valence electrons. The van der Waals surface area contributed by atoms with Crippen LogP contribution in [0.1, 0.15) is 64.7 Å². The van der Waals surface area contributed by atoms with E-state index in [0.29, 0.717) is 12.8 Å². The lowest BCUT2D eigenvalue weighted by molar-refractivity contribution is -0.187. The van der Waals surface area contributed by atoms with E-state index >= 15 is 0 Å². The molecular formula is C15H27NO3. The van der Waals surface area contributed by atoms with Gasteiger partial charge in [-0.15, -0.1) is 0 Å². The van der Waals surface area contributed by atoms with Gasteiger partial charge in [-0.05, 0) is 19.3 Å². The molecule has 2 aliphatic heterocycles. The summed E-state index contributed by atoms with van der Waals surface area (Å²) >= 11 is 0. The number of hydrogen-bond acceptors (Lipinski definition) is 3. The largest absolute Gasteiger partial charge is 0.396 e. The van der Waals surface area contributed by atoms with Crippen LogP contribution in [0.15, 0.2) is 0 Å². The van der Waals surface area contributed by atoms with Gasteiger partial charge in [-0.1, -0.05) is 32.6 Å². The molecule has 3 atom stereocenters. The van der Waals surface area contributed by atoms with Crippen LogP contribution in [-0.2, 0) is 4.79 Å². The first-order chi connectivity index (χ1) is 9.13. The molecule has 19 heavy (non-hydrogen) atoms. The molecule has 4 heteroatoms. The lowest BCUT2D eigenvalue weighted by Gasteiger charge is -2.48. The quantitative estimate of drug-likeness (QED) is 0.725. The Morgan fingerprint density at radius 2 is 2.11 bits per heavy atom. The monoisotopic (exact) mass is 269 g/mol. The van der Waals surface area contributed by atoms with Crippen LogP contribution in [0.5, 0.6) is 0 Å². The molecule has 0 bridgehead atoms. The van der Waals surface area contributed by atoms with E-state index in [1.165, 1.54) is 19.3 Å². The Morgan fingerprint density at radius 3 is 2.79 bits per heavy atom. The van der Waals surface area contributed by atoms with Crippen LogP contribution in [-0.4, -0.2) is 39.4 Å². The number of unbranched alkanes of at least 4 members (excludes halogenated alkanes) is 3. The number of carbonyl (C=O) groups is 1. The van der Waals surface area contributed by atoms with E-state index in [4.69, 9.17) is 0 Å². The number of nitrogens with zero attached hydrogens (tertiary/aromatic N) is 1. The molecule has 2 aliphatic rings. The number of carbonyl (C=O) groups excluding carboxylic acids is 1. The summed E-state index contributed by atoms with van der Waals surface area (Å²) in [5, 5.41) is 20.2. The van der Waals surface area contributed by atoms with Crippen molar-refractivity contribution in [2.75, 3.05) is 6.61 Å². The van der Waals surface area contributed by atoms with Crippen LogP contribution in [0, 0.1) is 5.92 Å². The fraction of sp³-hybridized carbons (Fsp3) is 0.933. The van der Waals surface area contributed by atoms with E-state index in [9.17, 15) is 15.0 Å². The second-order valence-electron chi connectivity index (χ2n) is 6.10. The molecule has 0 spiro atoms. The predicted octanol–water partition coefficient (Wildman–Crippen LogP) is 2.04. The molecule has 0 aliphatic carbocycles. The van der Waals surface area contributed by atoms with Gasteiger partial charge in [-0.25, -0.2) is 0 Å². The average molecular weight is 269 g/mol. The summed E-state index contributed by atoms with van der Waals surface area (Å²) in [5.41, 5.74) is -1.07. The Balaban J connectivity index is 2.00. The van der Waals surface area contributed by atoms with E-state index in [1.54, 1.807) is 4.90 Å². The molecule has 2 rings (SSSR count). The highest BCUT2D eigenvalue weighted by atomic mass is 16.3. The zero-order chi connectivity index (χ0) is 13.9. The van der Waals surface area contributed by atoms with E-state index in [1.807, 2.05) is 0 Å². The van der Waals surface area contributed by atoms with Gasteiger partial charge in [0.2, 0.25) is 5.91 Å². The summed E-state index contributed by atoms with van der Waals surface area (Å²) < 4.78 is 0. The molecule has 4 nitrogen and oxygen atoms in total. The third-order valence-corrected chi connectivity index (χ3v) is 4.87. The number of hydrogen-bond donors (Lipinski definition) is 2. The third kappa shape index (κ3) is 2.79. The third-order valence-electron chi connectivity index (χ3n) is 4.87. The van der Waals surface area contributed by atoms with Crippen molar-refractivity contribution in [3.8, 4) is 0 Å². The van der Waals surface area contributed by atoms with E-state index in [0.717, 1.165) is 25.7 Å². The maximum Gasteiger partial charge on any atom is 0.225 e. The molecule has 2 heterocycles. The number of aliphatic hydroxyl groups excluding tert-OH is 1. The molecule has 2 fully saturated rings. The minimum absolute atomic E-state index is 0.0250. The van der Waals surface area contributed by atoms with Crippen molar-refractivity contribution in [3.05, 3.63) is 0 Å². The van der Waals surface area contributed by atoms with Crippen molar-refractivity contribution >= 4 is 5.91 Å². The lowest BCUT2D eigenvalue weighted by Crippen LogP contribution is -2.59. The number of fused-ring (bicyclic) bond motifs is 1. The highest BCUT2D eigenvalue weighted by Gasteiger charge is 2.54. The number of rotatable bonds is 6. The van der Waals surface area contributed by atoms with Crippen LogP contribution in [0.2, 0.25) is 0 Å². The highest BCUT2D eigenvalue weighted by Crippen LogP contribution is 2.44. The number of aliphatic hydroxyl groups is 2. The van der Waals surface area contributed by atoms with E-state index < -0.39 is 5.72 Å². The van der Waals surface area contributed by atoms with Crippen molar-refractivity contribution in [1.82, 2.24) is 4.90 Å². The van der Waals surface area contributed by atoms with Crippen molar-refractivity contribution in [3.63, 3.8) is 0 Å². The van der Waals surface area contributed by atoms with Crippen LogP contribution >= 0.6 is 0 Å². The Morgan fingerprint density at radius 1 is 1.32 bits per heavy atom. The minimum Gasteiger partial charge on any atom is -0.396 e. The smallest absolute Gasteiger partial charge is 0.225 e. The van der Waals surface area contributed by atoms with Crippen LogP contribution in [0.4, 0.5) is 0 Å². The van der Waals surface area contributed by atoms with Crippen LogP contribution < -0.4 is 0 Å². The highest BCUT2D eigenvalue weighted by molar-refractivity contribution is 5.80.